The van der Waals surface area contributed by atoms with E-state index in [1.165, 1.54) is 93.7 Å². The fourth-order valence-corrected chi connectivity index (χ4v) is 6.70. The third-order valence-electron chi connectivity index (χ3n) is 9.59. The van der Waals surface area contributed by atoms with Gasteiger partial charge in [-0.05, 0) is 47.2 Å². The molecule has 0 saturated carbocycles. The van der Waals surface area contributed by atoms with Gasteiger partial charge in [-0.15, -0.1) is 0 Å². The summed E-state index contributed by atoms with van der Waals surface area (Å²) in [4.78, 5) is 2.50. The lowest BCUT2D eigenvalue weighted by Gasteiger charge is -2.35. The Bertz CT molecular complexity index is 1280. The standard InChI is InChI=1S/C45H61NO2/c1-2-3-4-5-6-7-8-9-10-11-12-13-23-30-45(47)44(35-39-31-33-43(34-32-39)48-38-42-28-21-16-22-29-42)46(36-40-24-17-14-18-25-40)37-41-26-19-15-20-27-41/h14-22,24-29,31-34,44-45,47H,2-13,23,30,35-38H2,1H3/t44-,45+/m0/s1. The SMILES string of the molecule is CCCCCCCCCCCCCCC[C@@H](O)[C@H](Cc1ccc(OCc2ccccc2)cc1)N(Cc1ccccc1)Cc1ccccc1. The monoisotopic (exact) mass is 647 g/mol. The van der Waals surface area contributed by atoms with E-state index in [1.807, 2.05) is 18.2 Å². The summed E-state index contributed by atoms with van der Waals surface area (Å²) in [5.41, 5.74) is 4.94. The first-order valence-corrected chi connectivity index (χ1v) is 19.0. The Morgan fingerprint density at radius 1 is 0.500 bits per heavy atom. The topological polar surface area (TPSA) is 32.7 Å². The van der Waals surface area contributed by atoms with Crippen LogP contribution in [0.1, 0.15) is 119 Å². The highest BCUT2D eigenvalue weighted by Crippen LogP contribution is 2.24. The molecular weight excluding hydrogens is 587 g/mol. The summed E-state index contributed by atoms with van der Waals surface area (Å²) >= 11 is 0. The fourth-order valence-electron chi connectivity index (χ4n) is 6.70. The maximum atomic E-state index is 11.9. The maximum Gasteiger partial charge on any atom is 0.119 e. The maximum absolute atomic E-state index is 11.9. The van der Waals surface area contributed by atoms with Crippen LogP contribution in [0.25, 0.3) is 0 Å². The van der Waals surface area contributed by atoms with Gasteiger partial charge in [-0.3, -0.25) is 4.90 Å². The van der Waals surface area contributed by atoms with Gasteiger partial charge < -0.3 is 9.84 Å². The lowest BCUT2D eigenvalue weighted by atomic mass is 9.94. The highest BCUT2D eigenvalue weighted by Gasteiger charge is 2.27. The van der Waals surface area contributed by atoms with Crippen LogP contribution in [0.5, 0.6) is 5.75 Å². The summed E-state index contributed by atoms with van der Waals surface area (Å²) in [6.45, 7) is 4.45. The van der Waals surface area contributed by atoms with Gasteiger partial charge in [0, 0.05) is 19.1 Å². The minimum Gasteiger partial charge on any atom is -0.489 e. The normalized spacial score (nSPS) is 12.6. The fraction of sp³-hybridized carbons (Fsp3) is 0.467. The van der Waals surface area contributed by atoms with E-state index >= 15 is 0 Å². The Labute approximate surface area is 292 Å². The number of ether oxygens (including phenoxy) is 1. The van der Waals surface area contributed by atoms with Crippen molar-refractivity contribution < 1.29 is 9.84 Å². The molecule has 4 aromatic carbocycles. The zero-order chi connectivity index (χ0) is 33.5. The van der Waals surface area contributed by atoms with Crippen molar-refractivity contribution in [2.24, 2.45) is 0 Å². The third kappa shape index (κ3) is 14.8. The molecule has 0 fully saturated rings. The summed E-state index contributed by atoms with van der Waals surface area (Å²) in [7, 11) is 0. The molecule has 0 aliphatic rings. The molecule has 0 unspecified atom stereocenters. The van der Waals surface area contributed by atoms with Crippen molar-refractivity contribution in [2.45, 2.75) is 135 Å². The van der Waals surface area contributed by atoms with Gasteiger partial charge in [0.05, 0.1) is 6.10 Å². The Balaban J connectivity index is 1.34. The summed E-state index contributed by atoms with van der Waals surface area (Å²) < 4.78 is 6.08. The molecule has 0 heterocycles. The van der Waals surface area contributed by atoms with Crippen LogP contribution >= 0.6 is 0 Å². The molecule has 4 aromatic rings. The average Bonchev–Trinajstić information content (AvgIpc) is 3.13. The van der Waals surface area contributed by atoms with Gasteiger partial charge in [-0.1, -0.05) is 194 Å². The van der Waals surface area contributed by atoms with Gasteiger partial charge in [-0.25, -0.2) is 0 Å². The van der Waals surface area contributed by atoms with Crippen LogP contribution in [0.3, 0.4) is 0 Å². The molecule has 3 nitrogen and oxygen atoms in total. The van der Waals surface area contributed by atoms with E-state index in [0.29, 0.717) is 6.61 Å². The molecule has 258 valence electrons. The number of aliphatic hydroxyl groups is 1. The molecule has 1 N–H and O–H groups in total. The van der Waals surface area contributed by atoms with E-state index in [-0.39, 0.29) is 6.04 Å². The van der Waals surface area contributed by atoms with Crippen LogP contribution < -0.4 is 4.74 Å². The summed E-state index contributed by atoms with van der Waals surface area (Å²) in [5, 5.41) is 11.9. The Morgan fingerprint density at radius 3 is 1.42 bits per heavy atom. The number of nitrogens with zero attached hydrogens (tertiary/aromatic N) is 1. The lowest BCUT2D eigenvalue weighted by Crippen LogP contribution is -2.44. The second-order valence-electron chi connectivity index (χ2n) is 13.7. The highest BCUT2D eigenvalue weighted by molar-refractivity contribution is 5.29. The minimum atomic E-state index is -0.404. The number of unbranched alkanes of at least 4 members (excludes halogenated alkanes) is 12. The molecule has 48 heavy (non-hydrogen) atoms. The highest BCUT2D eigenvalue weighted by atomic mass is 16.5. The first-order valence-electron chi connectivity index (χ1n) is 19.0. The lowest BCUT2D eigenvalue weighted by molar-refractivity contribution is 0.0325. The van der Waals surface area contributed by atoms with Gasteiger partial charge in [0.1, 0.15) is 12.4 Å². The zero-order valence-electron chi connectivity index (χ0n) is 29.7. The van der Waals surface area contributed by atoms with Crippen LogP contribution in [0, 0.1) is 0 Å². The van der Waals surface area contributed by atoms with E-state index in [9.17, 15) is 5.11 Å². The zero-order valence-corrected chi connectivity index (χ0v) is 29.7. The van der Waals surface area contributed by atoms with E-state index in [0.717, 1.165) is 43.7 Å². The van der Waals surface area contributed by atoms with Crippen molar-refractivity contribution in [3.05, 3.63) is 138 Å². The minimum absolute atomic E-state index is 0.00109. The number of aliphatic hydroxyl groups excluding tert-OH is 1. The molecule has 0 amide bonds. The number of hydrogen-bond acceptors (Lipinski definition) is 3. The molecule has 0 saturated heterocycles. The van der Waals surface area contributed by atoms with Crippen molar-refractivity contribution in [2.75, 3.05) is 0 Å². The van der Waals surface area contributed by atoms with Crippen molar-refractivity contribution >= 4 is 0 Å². The molecule has 3 heteroatoms. The van der Waals surface area contributed by atoms with Crippen LogP contribution in [0.15, 0.2) is 115 Å². The molecule has 4 rings (SSSR count). The molecule has 0 aliphatic carbocycles. The molecule has 0 radical (unpaired) electrons. The van der Waals surface area contributed by atoms with Crippen molar-refractivity contribution in [3.8, 4) is 5.75 Å². The Morgan fingerprint density at radius 2 is 0.938 bits per heavy atom. The molecule has 0 aliphatic heterocycles. The first kappa shape index (κ1) is 37.4. The summed E-state index contributed by atoms with van der Waals surface area (Å²) in [6, 6.07) is 40.2. The van der Waals surface area contributed by atoms with E-state index in [2.05, 4.69) is 109 Å². The number of rotatable bonds is 25. The Kier molecular flexibility index (Phi) is 18.0. The first-order chi connectivity index (χ1) is 23.7. The summed E-state index contributed by atoms with van der Waals surface area (Å²) in [5.74, 6) is 0.872. The third-order valence-corrected chi connectivity index (χ3v) is 9.59. The number of hydrogen-bond donors (Lipinski definition) is 1. The van der Waals surface area contributed by atoms with Gasteiger partial charge in [0.2, 0.25) is 0 Å². The molecule has 2 atom stereocenters. The van der Waals surface area contributed by atoms with Crippen molar-refractivity contribution in [3.63, 3.8) is 0 Å². The largest absolute Gasteiger partial charge is 0.489 e. The average molecular weight is 648 g/mol. The molecule has 0 spiro atoms. The molecular formula is C45H61NO2. The molecule has 0 aromatic heterocycles. The van der Waals surface area contributed by atoms with Gasteiger partial charge in [0.15, 0.2) is 0 Å². The van der Waals surface area contributed by atoms with Gasteiger partial charge in [-0.2, -0.15) is 0 Å². The van der Waals surface area contributed by atoms with Crippen LogP contribution in [-0.4, -0.2) is 22.2 Å². The van der Waals surface area contributed by atoms with Gasteiger partial charge in [0.25, 0.3) is 0 Å². The van der Waals surface area contributed by atoms with Gasteiger partial charge >= 0.3 is 0 Å². The van der Waals surface area contributed by atoms with Crippen molar-refractivity contribution in [1.29, 1.82) is 0 Å². The smallest absolute Gasteiger partial charge is 0.119 e. The van der Waals surface area contributed by atoms with E-state index < -0.39 is 6.10 Å². The summed E-state index contributed by atoms with van der Waals surface area (Å²) in [6.07, 6.45) is 18.6. The predicted molar refractivity (Wildman–Crippen MR) is 203 cm³/mol. The Hall–Kier alpha value is -3.40. The van der Waals surface area contributed by atoms with Crippen molar-refractivity contribution in [1.82, 2.24) is 4.90 Å². The predicted octanol–water partition coefficient (Wildman–Crippen LogP) is 11.7. The van der Waals surface area contributed by atoms with E-state index in [4.69, 9.17) is 4.74 Å². The number of benzene rings is 4. The second-order valence-corrected chi connectivity index (χ2v) is 13.7. The van der Waals surface area contributed by atoms with Crippen LogP contribution in [-0.2, 0) is 26.1 Å². The quantitative estimate of drug-likeness (QED) is 0.0727. The van der Waals surface area contributed by atoms with Crippen LogP contribution in [0.2, 0.25) is 0 Å². The van der Waals surface area contributed by atoms with E-state index in [1.54, 1.807) is 0 Å². The second kappa shape index (κ2) is 23.0. The molecule has 0 bridgehead atoms. The van der Waals surface area contributed by atoms with Crippen LogP contribution in [0.4, 0.5) is 0 Å².